The molecule has 2 saturated heterocycles. The summed E-state index contributed by atoms with van der Waals surface area (Å²) in [5.74, 6) is -0.168. The lowest BCUT2D eigenvalue weighted by atomic mass is 10.1. The van der Waals surface area contributed by atoms with E-state index in [0.29, 0.717) is 49.7 Å². The zero-order valence-electron chi connectivity index (χ0n) is 12.8. The van der Waals surface area contributed by atoms with Gasteiger partial charge in [-0.3, -0.25) is 4.79 Å². The maximum absolute atomic E-state index is 12.6. The van der Waals surface area contributed by atoms with Crippen LogP contribution in [-0.4, -0.2) is 59.9 Å². The average Bonchev–Trinajstić information content (AvgIpc) is 3.10. The van der Waals surface area contributed by atoms with Gasteiger partial charge in [0.15, 0.2) is 0 Å². The van der Waals surface area contributed by atoms with Gasteiger partial charge in [-0.15, -0.1) is 0 Å². The first-order valence-corrected chi connectivity index (χ1v) is 9.76. The number of amides is 1. The first kappa shape index (κ1) is 16.7. The number of nitrogens with zero attached hydrogens (tertiary/aromatic N) is 3. The molecule has 2 aliphatic heterocycles. The standard InChI is InChI=1S/C15H20ClN3O3S/c16-12-3-4-14(17-11-12)15(20)18-9-5-13(6-10-18)23(21,22)19-7-1-2-8-19/h3-4,11,13H,1-2,5-10H2. The summed E-state index contributed by atoms with van der Waals surface area (Å²) in [6, 6.07) is 3.23. The van der Waals surface area contributed by atoms with Crippen LogP contribution in [0.1, 0.15) is 36.2 Å². The Labute approximate surface area is 141 Å². The van der Waals surface area contributed by atoms with Crippen LogP contribution in [0.2, 0.25) is 5.02 Å². The highest BCUT2D eigenvalue weighted by Crippen LogP contribution is 2.25. The van der Waals surface area contributed by atoms with Crippen LogP contribution in [0.15, 0.2) is 18.3 Å². The molecule has 6 nitrogen and oxygen atoms in total. The first-order chi connectivity index (χ1) is 11.0. The Hall–Kier alpha value is -1.18. The van der Waals surface area contributed by atoms with Crippen molar-refractivity contribution in [3.63, 3.8) is 0 Å². The van der Waals surface area contributed by atoms with Gasteiger partial charge in [0, 0.05) is 32.4 Å². The molecular weight excluding hydrogens is 338 g/mol. The van der Waals surface area contributed by atoms with Gasteiger partial charge in [-0.05, 0) is 37.8 Å². The Balaban J connectivity index is 1.62. The molecule has 0 atom stereocenters. The number of hydrogen-bond donors (Lipinski definition) is 0. The van der Waals surface area contributed by atoms with Gasteiger partial charge in [0.05, 0.1) is 10.3 Å². The van der Waals surface area contributed by atoms with Crippen molar-refractivity contribution < 1.29 is 13.2 Å². The largest absolute Gasteiger partial charge is 0.337 e. The van der Waals surface area contributed by atoms with E-state index in [0.717, 1.165) is 12.8 Å². The summed E-state index contributed by atoms with van der Waals surface area (Å²) in [4.78, 5) is 18.1. The van der Waals surface area contributed by atoms with E-state index in [-0.39, 0.29) is 11.2 Å². The smallest absolute Gasteiger partial charge is 0.272 e. The fourth-order valence-corrected chi connectivity index (χ4v) is 5.28. The predicted octanol–water partition coefficient (Wildman–Crippen LogP) is 1.77. The second-order valence-corrected chi connectivity index (χ2v) is 8.65. The van der Waals surface area contributed by atoms with E-state index >= 15 is 0 Å². The third kappa shape index (κ3) is 3.51. The Morgan fingerprint density at radius 1 is 1.13 bits per heavy atom. The lowest BCUT2D eigenvalue weighted by Gasteiger charge is -2.33. The monoisotopic (exact) mass is 357 g/mol. The molecule has 1 aromatic rings. The van der Waals surface area contributed by atoms with Crippen LogP contribution in [0.4, 0.5) is 0 Å². The number of likely N-dealkylation sites (tertiary alicyclic amines) is 1. The molecule has 0 bridgehead atoms. The molecule has 0 N–H and O–H groups in total. The van der Waals surface area contributed by atoms with Gasteiger partial charge in [0.2, 0.25) is 10.0 Å². The highest BCUT2D eigenvalue weighted by molar-refractivity contribution is 7.89. The molecule has 0 aliphatic carbocycles. The molecule has 126 valence electrons. The third-order valence-corrected chi connectivity index (χ3v) is 7.14. The number of piperidine rings is 1. The quantitative estimate of drug-likeness (QED) is 0.826. The van der Waals surface area contributed by atoms with Crippen LogP contribution in [0.5, 0.6) is 0 Å². The molecule has 1 amide bonds. The Morgan fingerprint density at radius 3 is 2.35 bits per heavy atom. The van der Waals surface area contributed by atoms with E-state index in [4.69, 9.17) is 11.6 Å². The van der Waals surface area contributed by atoms with Crippen molar-refractivity contribution in [2.24, 2.45) is 0 Å². The van der Waals surface area contributed by atoms with Crippen LogP contribution in [0.25, 0.3) is 0 Å². The van der Waals surface area contributed by atoms with E-state index < -0.39 is 10.0 Å². The molecule has 23 heavy (non-hydrogen) atoms. The molecule has 1 aromatic heterocycles. The number of pyridine rings is 1. The van der Waals surface area contributed by atoms with E-state index in [2.05, 4.69) is 4.98 Å². The van der Waals surface area contributed by atoms with Crippen molar-refractivity contribution in [1.29, 1.82) is 0 Å². The minimum Gasteiger partial charge on any atom is -0.337 e. The van der Waals surface area contributed by atoms with Crippen LogP contribution in [-0.2, 0) is 10.0 Å². The van der Waals surface area contributed by atoms with E-state index in [1.807, 2.05) is 0 Å². The van der Waals surface area contributed by atoms with Gasteiger partial charge in [0.25, 0.3) is 5.91 Å². The molecule has 2 fully saturated rings. The Bertz CT molecular complexity index is 664. The molecule has 0 radical (unpaired) electrons. The molecule has 0 unspecified atom stereocenters. The van der Waals surface area contributed by atoms with Crippen molar-refractivity contribution in [3.05, 3.63) is 29.0 Å². The number of aromatic nitrogens is 1. The fourth-order valence-electron chi connectivity index (χ4n) is 3.17. The van der Waals surface area contributed by atoms with Gasteiger partial charge < -0.3 is 4.90 Å². The van der Waals surface area contributed by atoms with Crippen molar-refractivity contribution in [1.82, 2.24) is 14.2 Å². The topological polar surface area (TPSA) is 70.6 Å². The van der Waals surface area contributed by atoms with E-state index in [9.17, 15) is 13.2 Å². The van der Waals surface area contributed by atoms with Crippen LogP contribution in [0, 0.1) is 0 Å². The summed E-state index contributed by atoms with van der Waals surface area (Å²) >= 11 is 5.77. The Kier molecular flexibility index (Phi) is 4.89. The van der Waals surface area contributed by atoms with Crippen molar-refractivity contribution >= 4 is 27.5 Å². The first-order valence-electron chi connectivity index (χ1n) is 7.88. The zero-order chi connectivity index (χ0) is 16.4. The zero-order valence-corrected chi connectivity index (χ0v) is 14.4. The van der Waals surface area contributed by atoms with Crippen LogP contribution >= 0.6 is 11.6 Å². The second-order valence-electron chi connectivity index (χ2n) is 6.00. The maximum Gasteiger partial charge on any atom is 0.272 e. The lowest BCUT2D eigenvalue weighted by molar-refractivity contribution is 0.0719. The second kappa shape index (κ2) is 6.75. The van der Waals surface area contributed by atoms with E-state index in [1.54, 1.807) is 21.3 Å². The SMILES string of the molecule is O=C(c1ccc(Cl)cn1)N1CCC(S(=O)(=O)N2CCCC2)CC1. The summed E-state index contributed by atoms with van der Waals surface area (Å²) in [6.45, 7) is 2.16. The van der Waals surface area contributed by atoms with Crippen LogP contribution in [0.3, 0.4) is 0 Å². The van der Waals surface area contributed by atoms with E-state index in [1.165, 1.54) is 6.20 Å². The molecule has 8 heteroatoms. The minimum absolute atomic E-state index is 0.168. The fraction of sp³-hybridized carbons (Fsp3) is 0.600. The average molecular weight is 358 g/mol. The molecule has 0 aromatic carbocycles. The van der Waals surface area contributed by atoms with Gasteiger partial charge in [-0.25, -0.2) is 17.7 Å². The normalized spacial score (nSPS) is 20.8. The molecule has 0 saturated carbocycles. The number of halogens is 1. The van der Waals surface area contributed by atoms with Gasteiger partial charge >= 0.3 is 0 Å². The van der Waals surface area contributed by atoms with Gasteiger partial charge in [-0.1, -0.05) is 11.6 Å². The lowest BCUT2D eigenvalue weighted by Crippen LogP contribution is -2.46. The van der Waals surface area contributed by atoms with Gasteiger partial charge in [0.1, 0.15) is 5.69 Å². The van der Waals surface area contributed by atoms with Crippen molar-refractivity contribution in [2.45, 2.75) is 30.9 Å². The Morgan fingerprint density at radius 2 is 1.78 bits per heavy atom. The number of carbonyl (C=O) groups is 1. The summed E-state index contributed by atoms with van der Waals surface area (Å²) in [5.41, 5.74) is 0.343. The number of sulfonamides is 1. The highest BCUT2D eigenvalue weighted by Gasteiger charge is 2.36. The summed E-state index contributed by atoms with van der Waals surface area (Å²) in [7, 11) is -3.22. The minimum atomic E-state index is -3.22. The third-order valence-electron chi connectivity index (χ3n) is 4.52. The molecule has 3 rings (SSSR count). The molecule has 0 spiro atoms. The molecule has 3 heterocycles. The number of hydrogen-bond acceptors (Lipinski definition) is 4. The molecular formula is C15H20ClN3O3S. The summed E-state index contributed by atoms with van der Waals surface area (Å²) < 4.78 is 26.7. The van der Waals surface area contributed by atoms with Crippen molar-refractivity contribution in [2.75, 3.05) is 26.2 Å². The molecule has 2 aliphatic rings. The highest BCUT2D eigenvalue weighted by atomic mass is 35.5. The predicted molar refractivity (Wildman–Crippen MR) is 87.9 cm³/mol. The van der Waals surface area contributed by atoms with Crippen LogP contribution < -0.4 is 0 Å². The number of carbonyl (C=O) groups excluding carboxylic acids is 1. The summed E-state index contributed by atoms with van der Waals surface area (Å²) in [5, 5.41) is 0.111. The summed E-state index contributed by atoms with van der Waals surface area (Å²) in [6.07, 6.45) is 4.30. The maximum atomic E-state index is 12.6. The number of rotatable bonds is 3. The van der Waals surface area contributed by atoms with Crippen molar-refractivity contribution in [3.8, 4) is 0 Å². The van der Waals surface area contributed by atoms with Gasteiger partial charge in [-0.2, -0.15) is 0 Å².